The Labute approximate surface area is 166 Å². The van der Waals surface area contributed by atoms with E-state index in [4.69, 9.17) is 9.47 Å². The summed E-state index contributed by atoms with van der Waals surface area (Å²) >= 11 is 0. The fourth-order valence-corrected chi connectivity index (χ4v) is 2.79. The van der Waals surface area contributed by atoms with Crippen LogP contribution in [0.15, 0.2) is 24.3 Å². The first-order chi connectivity index (χ1) is 13.6. The molecule has 10 heteroatoms. The average Bonchev–Trinajstić information content (AvgIpc) is 3.48. The number of carbonyl (C=O) groups excluding carboxylic acids is 3. The minimum absolute atomic E-state index is 0.0302. The Morgan fingerprint density at radius 3 is 2.52 bits per heavy atom. The molecular formula is C19H23F3N2O5. The Bertz CT molecular complexity index is 750. The summed E-state index contributed by atoms with van der Waals surface area (Å²) in [7, 11) is 0. The van der Waals surface area contributed by atoms with E-state index in [1.54, 1.807) is 13.8 Å². The van der Waals surface area contributed by atoms with Crippen LogP contribution in [-0.4, -0.2) is 54.8 Å². The van der Waals surface area contributed by atoms with Crippen molar-refractivity contribution in [1.82, 2.24) is 4.90 Å². The monoisotopic (exact) mass is 416 g/mol. The Hall–Kier alpha value is -2.78. The molecule has 0 spiro atoms. The second-order valence-corrected chi connectivity index (χ2v) is 6.72. The quantitative estimate of drug-likeness (QED) is 0.655. The normalized spacial score (nSPS) is 14.7. The van der Waals surface area contributed by atoms with Crippen molar-refractivity contribution >= 4 is 23.7 Å². The standard InChI is InChI=1S/C19H23F3N2O5/c1-3-28-18(27)23-15-6-4-5-14(9-15)17(26)29-10-16(25)24(11-19(20,21)22)12(2)13-7-8-13/h4-6,9,12-13H,3,7-8,10-11H2,1-2H3,(H,23,27)/t12-/m0/s1. The van der Waals surface area contributed by atoms with Gasteiger partial charge in [0.2, 0.25) is 0 Å². The van der Waals surface area contributed by atoms with Gasteiger partial charge in [-0.05, 0) is 50.8 Å². The zero-order valence-corrected chi connectivity index (χ0v) is 16.1. The van der Waals surface area contributed by atoms with Gasteiger partial charge in [-0.3, -0.25) is 10.1 Å². The van der Waals surface area contributed by atoms with Crippen molar-refractivity contribution in [2.45, 2.75) is 38.9 Å². The van der Waals surface area contributed by atoms with E-state index in [1.165, 1.54) is 24.3 Å². The number of benzene rings is 1. The number of ether oxygens (including phenoxy) is 2. The number of nitrogens with one attached hydrogen (secondary N) is 1. The Morgan fingerprint density at radius 2 is 1.93 bits per heavy atom. The SMILES string of the molecule is CCOC(=O)Nc1cccc(C(=O)OCC(=O)N(CC(F)(F)F)[C@@H](C)C2CC2)c1. The number of alkyl halides is 3. The zero-order valence-electron chi connectivity index (χ0n) is 16.1. The van der Waals surface area contributed by atoms with Crippen molar-refractivity contribution in [2.24, 2.45) is 5.92 Å². The topological polar surface area (TPSA) is 84.9 Å². The number of carbonyl (C=O) groups is 3. The molecule has 1 fully saturated rings. The average molecular weight is 416 g/mol. The molecule has 2 rings (SSSR count). The maximum Gasteiger partial charge on any atom is 0.411 e. The van der Waals surface area contributed by atoms with Crippen molar-refractivity contribution in [2.75, 3.05) is 25.1 Å². The summed E-state index contributed by atoms with van der Waals surface area (Å²) < 4.78 is 48.1. The lowest BCUT2D eigenvalue weighted by Crippen LogP contribution is -2.47. The zero-order chi connectivity index (χ0) is 21.6. The van der Waals surface area contributed by atoms with Crippen LogP contribution in [0.2, 0.25) is 0 Å². The molecule has 0 unspecified atom stereocenters. The Morgan fingerprint density at radius 1 is 1.24 bits per heavy atom. The minimum Gasteiger partial charge on any atom is -0.452 e. The van der Waals surface area contributed by atoms with Gasteiger partial charge in [0.1, 0.15) is 6.54 Å². The largest absolute Gasteiger partial charge is 0.452 e. The second kappa shape index (κ2) is 9.62. The van der Waals surface area contributed by atoms with E-state index in [2.05, 4.69) is 5.32 Å². The van der Waals surface area contributed by atoms with Gasteiger partial charge in [-0.25, -0.2) is 9.59 Å². The van der Waals surface area contributed by atoms with Gasteiger partial charge in [0.25, 0.3) is 5.91 Å². The maximum absolute atomic E-state index is 12.8. The molecule has 1 aromatic carbocycles. The summed E-state index contributed by atoms with van der Waals surface area (Å²) in [6.45, 7) is 1.18. The minimum atomic E-state index is -4.55. The molecule has 1 saturated carbocycles. The third-order valence-corrected chi connectivity index (χ3v) is 4.41. The molecule has 1 aliphatic rings. The summed E-state index contributed by atoms with van der Waals surface area (Å²) in [5.41, 5.74) is 0.301. The number of hydrogen-bond donors (Lipinski definition) is 1. The van der Waals surface area contributed by atoms with Gasteiger partial charge in [0, 0.05) is 11.7 Å². The van der Waals surface area contributed by atoms with Crippen molar-refractivity contribution in [3.63, 3.8) is 0 Å². The molecule has 0 aliphatic heterocycles. The molecular weight excluding hydrogens is 393 g/mol. The van der Waals surface area contributed by atoms with Crippen molar-refractivity contribution in [3.8, 4) is 0 Å². The highest BCUT2D eigenvalue weighted by Crippen LogP contribution is 2.36. The lowest BCUT2D eigenvalue weighted by molar-refractivity contribution is -0.167. The summed E-state index contributed by atoms with van der Waals surface area (Å²) in [5.74, 6) is -1.77. The van der Waals surface area contributed by atoms with Crippen LogP contribution in [0.4, 0.5) is 23.7 Å². The first-order valence-electron chi connectivity index (χ1n) is 9.18. The van der Waals surface area contributed by atoms with Gasteiger partial charge >= 0.3 is 18.2 Å². The van der Waals surface area contributed by atoms with Crippen LogP contribution in [0.1, 0.15) is 37.0 Å². The smallest absolute Gasteiger partial charge is 0.411 e. The molecule has 0 aromatic heterocycles. The first kappa shape index (κ1) is 22.5. The molecule has 0 heterocycles. The van der Waals surface area contributed by atoms with Crippen LogP contribution in [0.5, 0.6) is 0 Å². The van der Waals surface area contributed by atoms with Gasteiger partial charge in [0.05, 0.1) is 12.2 Å². The first-order valence-corrected chi connectivity index (χ1v) is 9.18. The molecule has 1 atom stereocenters. The van der Waals surface area contributed by atoms with E-state index in [9.17, 15) is 27.6 Å². The number of rotatable bonds is 8. The maximum atomic E-state index is 12.8. The molecule has 1 aromatic rings. The third kappa shape index (κ3) is 7.28. The highest BCUT2D eigenvalue weighted by Gasteiger charge is 2.40. The predicted octanol–water partition coefficient (Wildman–Crippen LogP) is 3.60. The number of hydrogen-bond acceptors (Lipinski definition) is 5. The van der Waals surface area contributed by atoms with E-state index in [1.807, 2.05) is 0 Å². The molecule has 160 valence electrons. The van der Waals surface area contributed by atoms with E-state index in [0.717, 1.165) is 12.8 Å². The number of nitrogens with zero attached hydrogens (tertiary/aromatic N) is 1. The molecule has 2 amide bonds. The molecule has 7 nitrogen and oxygen atoms in total. The van der Waals surface area contributed by atoms with Crippen LogP contribution < -0.4 is 5.32 Å². The molecule has 1 N–H and O–H groups in total. The van der Waals surface area contributed by atoms with E-state index in [0.29, 0.717) is 4.90 Å². The van der Waals surface area contributed by atoms with Crippen LogP contribution in [0, 0.1) is 5.92 Å². The fourth-order valence-electron chi connectivity index (χ4n) is 2.79. The summed E-state index contributed by atoms with van der Waals surface area (Å²) in [6, 6.07) is 5.11. The summed E-state index contributed by atoms with van der Waals surface area (Å²) in [4.78, 5) is 36.6. The fraction of sp³-hybridized carbons (Fsp3) is 0.526. The van der Waals surface area contributed by atoms with Gasteiger partial charge in [-0.15, -0.1) is 0 Å². The summed E-state index contributed by atoms with van der Waals surface area (Å²) in [6.07, 6.45) is -3.72. The number of halogens is 3. The predicted molar refractivity (Wildman–Crippen MR) is 97.3 cm³/mol. The highest BCUT2D eigenvalue weighted by molar-refractivity contribution is 5.93. The van der Waals surface area contributed by atoms with Gasteiger partial charge < -0.3 is 14.4 Å². The number of esters is 1. The van der Waals surface area contributed by atoms with Gasteiger partial charge in [0.15, 0.2) is 6.61 Å². The van der Waals surface area contributed by atoms with E-state index < -0.39 is 43.3 Å². The molecule has 29 heavy (non-hydrogen) atoms. The van der Waals surface area contributed by atoms with Crippen LogP contribution >= 0.6 is 0 Å². The second-order valence-electron chi connectivity index (χ2n) is 6.72. The molecule has 0 saturated heterocycles. The Kier molecular flexibility index (Phi) is 7.46. The van der Waals surface area contributed by atoms with Crippen molar-refractivity contribution in [1.29, 1.82) is 0 Å². The van der Waals surface area contributed by atoms with Crippen molar-refractivity contribution < 1.29 is 37.0 Å². The van der Waals surface area contributed by atoms with Crippen molar-refractivity contribution in [3.05, 3.63) is 29.8 Å². The molecule has 1 aliphatic carbocycles. The highest BCUT2D eigenvalue weighted by atomic mass is 19.4. The van der Waals surface area contributed by atoms with Gasteiger partial charge in [-0.1, -0.05) is 6.07 Å². The van der Waals surface area contributed by atoms with Crippen LogP contribution in [0.25, 0.3) is 0 Å². The lowest BCUT2D eigenvalue weighted by Gasteiger charge is -2.30. The number of anilines is 1. The third-order valence-electron chi connectivity index (χ3n) is 4.41. The van der Waals surface area contributed by atoms with Gasteiger partial charge in [-0.2, -0.15) is 13.2 Å². The molecule has 0 bridgehead atoms. The van der Waals surface area contributed by atoms with Crippen LogP contribution in [0.3, 0.4) is 0 Å². The molecule has 0 radical (unpaired) electrons. The van der Waals surface area contributed by atoms with Crippen LogP contribution in [-0.2, 0) is 14.3 Å². The number of amides is 2. The van der Waals surface area contributed by atoms with E-state index in [-0.39, 0.29) is 23.8 Å². The van der Waals surface area contributed by atoms with E-state index >= 15 is 0 Å². The summed E-state index contributed by atoms with van der Waals surface area (Å²) in [5, 5.41) is 2.41. The Balaban J connectivity index is 1.97. The lowest BCUT2D eigenvalue weighted by atomic mass is 10.2.